The van der Waals surface area contributed by atoms with Gasteiger partial charge in [0.15, 0.2) is 0 Å². The Morgan fingerprint density at radius 1 is 1.29 bits per heavy atom. The highest BCUT2D eigenvalue weighted by Gasteiger charge is 2.31. The number of hydrogen-bond donors (Lipinski definition) is 1. The molecule has 1 aliphatic rings. The third-order valence-electron chi connectivity index (χ3n) is 4.46. The number of amides is 1. The van der Waals surface area contributed by atoms with Crippen molar-refractivity contribution in [2.24, 2.45) is 5.92 Å². The zero-order valence-electron chi connectivity index (χ0n) is 14.4. The highest BCUT2D eigenvalue weighted by Crippen LogP contribution is 2.20. The van der Waals surface area contributed by atoms with Crippen LogP contribution in [-0.2, 0) is 21.2 Å². The third-order valence-corrected chi connectivity index (χ3v) is 6.38. The molecule has 1 aliphatic heterocycles. The van der Waals surface area contributed by atoms with Gasteiger partial charge in [-0.2, -0.15) is 0 Å². The summed E-state index contributed by atoms with van der Waals surface area (Å²) in [5.74, 6) is -0.0708. The number of carbonyl (C=O) groups is 1. The molecule has 1 aromatic carbocycles. The Labute approximate surface area is 145 Å². The zero-order chi connectivity index (χ0) is 17.4. The molecular weight excluding hydrogens is 324 g/mol. The van der Waals surface area contributed by atoms with E-state index >= 15 is 0 Å². The van der Waals surface area contributed by atoms with Crippen LogP contribution >= 0.6 is 0 Å². The minimum absolute atomic E-state index is 0.0266. The summed E-state index contributed by atoms with van der Waals surface area (Å²) in [6.07, 6.45) is 3.83. The molecule has 0 spiro atoms. The lowest BCUT2D eigenvalue weighted by molar-refractivity contribution is -0.126. The van der Waals surface area contributed by atoms with Crippen molar-refractivity contribution in [3.8, 4) is 0 Å². The van der Waals surface area contributed by atoms with Crippen LogP contribution in [0.3, 0.4) is 0 Å². The average molecular weight is 353 g/mol. The van der Waals surface area contributed by atoms with Gasteiger partial charge in [0, 0.05) is 19.6 Å². The van der Waals surface area contributed by atoms with E-state index in [1.165, 1.54) is 9.87 Å². The molecule has 1 saturated heterocycles. The van der Waals surface area contributed by atoms with Gasteiger partial charge in [-0.15, -0.1) is 0 Å². The predicted molar refractivity (Wildman–Crippen MR) is 96.1 cm³/mol. The van der Waals surface area contributed by atoms with E-state index in [-0.39, 0.29) is 17.6 Å². The Kier molecular flexibility index (Phi) is 7.24. The maximum Gasteiger partial charge on any atom is 0.224 e. The van der Waals surface area contributed by atoms with E-state index in [9.17, 15) is 13.2 Å². The fourth-order valence-corrected chi connectivity index (χ4v) is 4.71. The summed E-state index contributed by atoms with van der Waals surface area (Å²) in [6, 6.07) is 10.0. The number of sulfonamides is 1. The summed E-state index contributed by atoms with van der Waals surface area (Å²) in [4.78, 5) is 12.3. The summed E-state index contributed by atoms with van der Waals surface area (Å²) in [6.45, 7) is 3.43. The second kappa shape index (κ2) is 9.18. The van der Waals surface area contributed by atoms with Crippen molar-refractivity contribution in [1.82, 2.24) is 9.62 Å². The molecule has 6 heteroatoms. The highest BCUT2D eigenvalue weighted by molar-refractivity contribution is 7.89. The third kappa shape index (κ3) is 5.60. The molecule has 0 aromatic heterocycles. The molecular formula is C18H28N2O3S. The van der Waals surface area contributed by atoms with Crippen LogP contribution in [-0.4, -0.2) is 44.0 Å². The van der Waals surface area contributed by atoms with Crippen LogP contribution in [0.5, 0.6) is 0 Å². The molecule has 0 unspecified atom stereocenters. The van der Waals surface area contributed by atoms with Gasteiger partial charge in [-0.3, -0.25) is 4.79 Å². The molecule has 1 atom stereocenters. The van der Waals surface area contributed by atoms with Crippen molar-refractivity contribution in [2.45, 2.75) is 39.0 Å². The summed E-state index contributed by atoms with van der Waals surface area (Å²) in [5, 5.41) is 2.96. The Hall–Kier alpha value is -1.40. The van der Waals surface area contributed by atoms with E-state index in [4.69, 9.17) is 0 Å². The lowest BCUT2D eigenvalue weighted by Gasteiger charge is -2.31. The molecule has 1 N–H and O–H groups in total. The smallest absolute Gasteiger partial charge is 0.224 e. The normalized spacial score (nSPS) is 19.1. The predicted octanol–water partition coefficient (Wildman–Crippen LogP) is 2.19. The van der Waals surface area contributed by atoms with E-state index in [1.54, 1.807) is 0 Å². The quantitative estimate of drug-likeness (QED) is 0.780. The Balaban J connectivity index is 1.81. The zero-order valence-corrected chi connectivity index (χ0v) is 15.2. The molecule has 0 radical (unpaired) electrons. The van der Waals surface area contributed by atoms with Gasteiger partial charge in [0.1, 0.15) is 0 Å². The molecule has 0 aliphatic carbocycles. The van der Waals surface area contributed by atoms with Gasteiger partial charge in [0.25, 0.3) is 0 Å². The number of nitrogens with zero attached hydrogens (tertiary/aromatic N) is 1. The SMILES string of the molecule is CCCCS(=O)(=O)N1CCC[C@H](C(=O)NCCc2ccccc2)C1. The van der Waals surface area contributed by atoms with Gasteiger partial charge in [0.05, 0.1) is 11.7 Å². The summed E-state index contributed by atoms with van der Waals surface area (Å²) in [7, 11) is -3.22. The number of carbonyl (C=O) groups excluding carboxylic acids is 1. The maximum atomic E-state index is 12.3. The van der Waals surface area contributed by atoms with Gasteiger partial charge in [0.2, 0.25) is 15.9 Å². The first-order valence-corrected chi connectivity index (χ1v) is 10.4. The molecule has 1 amide bonds. The Bertz CT molecular complexity index is 616. The van der Waals surface area contributed by atoms with Gasteiger partial charge < -0.3 is 5.32 Å². The van der Waals surface area contributed by atoms with Crippen LogP contribution in [0.4, 0.5) is 0 Å². The molecule has 1 aromatic rings. The van der Waals surface area contributed by atoms with Crippen molar-refractivity contribution in [1.29, 1.82) is 0 Å². The Morgan fingerprint density at radius 2 is 2.04 bits per heavy atom. The lowest BCUT2D eigenvalue weighted by Crippen LogP contribution is -2.46. The van der Waals surface area contributed by atoms with Gasteiger partial charge in [-0.1, -0.05) is 43.7 Å². The van der Waals surface area contributed by atoms with Crippen LogP contribution in [0, 0.1) is 5.92 Å². The maximum absolute atomic E-state index is 12.3. The van der Waals surface area contributed by atoms with Gasteiger partial charge in [-0.25, -0.2) is 12.7 Å². The molecule has 5 nitrogen and oxygen atoms in total. The van der Waals surface area contributed by atoms with E-state index in [0.29, 0.717) is 26.1 Å². The second-order valence-corrected chi connectivity index (χ2v) is 8.48. The first-order chi connectivity index (χ1) is 11.5. The second-order valence-electron chi connectivity index (χ2n) is 6.39. The van der Waals surface area contributed by atoms with Crippen molar-refractivity contribution in [3.05, 3.63) is 35.9 Å². The van der Waals surface area contributed by atoms with Crippen molar-refractivity contribution in [3.63, 3.8) is 0 Å². The number of unbranched alkanes of at least 4 members (excludes halogenated alkanes) is 1. The molecule has 24 heavy (non-hydrogen) atoms. The molecule has 0 saturated carbocycles. The van der Waals surface area contributed by atoms with E-state index in [1.807, 2.05) is 37.3 Å². The number of hydrogen-bond acceptors (Lipinski definition) is 3. The number of piperidine rings is 1. The van der Waals surface area contributed by atoms with Crippen molar-refractivity contribution >= 4 is 15.9 Å². The number of benzene rings is 1. The van der Waals surface area contributed by atoms with Crippen molar-refractivity contribution in [2.75, 3.05) is 25.4 Å². The molecule has 1 fully saturated rings. The van der Waals surface area contributed by atoms with E-state index in [2.05, 4.69) is 5.32 Å². The lowest BCUT2D eigenvalue weighted by atomic mass is 9.99. The summed E-state index contributed by atoms with van der Waals surface area (Å²) in [5.41, 5.74) is 1.19. The fraction of sp³-hybridized carbons (Fsp3) is 0.611. The van der Waals surface area contributed by atoms with Crippen LogP contribution in [0.15, 0.2) is 30.3 Å². The van der Waals surface area contributed by atoms with Crippen LogP contribution < -0.4 is 5.32 Å². The van der Waals surface area contributed by atoms with E-state index < -0.39 is 10.0 Å². The summed E-state index contributed by atoms with van der Waals surface area (Å²) < 4.78 is 26.1. The molecule has 134 valence electrons. The first-order valence-electron chi connectivity index (χ1n) is 8.82. The fourth-order valence-electron chi connectivity index (χ4n) is 2.98. The molecule has 1 heterocycles. The van der Waals surface area contributed by atoms with Crippen molar-refractivity contribution < 1.29 is 13.2 Å². The van der Waals surface area contributed by atoms with E-state index in [0.717, 1.165) is 25.7 Å². The van der Waals surface area contributed by atoms with Crippen LogP contribution in [0.2, 0.25) is 0 Å². The minimum atomic E-state index is -3.22. The van der Waals surface area contributed by atoms with Crippen LogP contribution in [0.1, 0.15) is 38.2 Å². The highest BCUT2D eigenvalue weighted by atomic mass is 32.2. The average Bonchev–Trinajstić information content (AvgIpc) is 2.61. The van der Waals surface area contributed by atoms with Gasteiger partial charge >= 0.3 is 0 Å². The number of rotatable bonds is 8. The summed E-state index contributed by atoms with van der Waals surface area (Å²) >= 11 is 0. The molecule has 2 rings (SSSR count). The minimum Gasteiger partial charge on any atom is -0.355 e. The monoisotopic (exact) mass is 352 g/mol. The Morgan fingerprint density at radius 3 is 2.75 bits per heavy atom. The number of nitrogens with one attached hydrogen (secondary N) is 1. The first kappa shape index (κ1) is 18.9. The topological polar surface area (TPSA) is 66.5 Å². The molecule has 0 bridgehead atoms. The van der Waals surface area contributed by atoms with Gasteiger partial charge in [-0.05, 0) is 31.2 Å². The standard InChI is InChI=1S/C18H28N2O3S/c1-2-3-14-24(22,23)20-13-7-10-17(15-20)18(21)19-12-11-16-8-5-4-6-9-16/h4-6,8-9,17H,2-3,7,10-15H2,1H3,(H,19,21)/t17-/m0/s1. The largest absolute Gasteiger partial charge is 0.355 e. The van der Waals surface area contributed by atoms with Crippen LogP contribution in [0.25, 0.3) is 0 Å².